The highest BCUT2D eigenvalue weighted by Gasteiger charge is 2.19. The van der Waals surface area contributed by atoms with Gasteiger partial charge in [0.1, 0.15) is 0 Å². The number of benzene rings is 2. The monoisotopic (exact) mass is 396 g/mol. The van der Waals surface area contributed by atoms with E-state index in [1.807, 2.05) is 0 Å². The average Bonchev–Trinajstić information content (AvgIpc) is 3.02. The average molecular weight is 397 g/mol. The molecule has 0 radical (unpaired) electrons. The van der Waals surface area contributed by atoms with Crippen LogP contribution in [0, 0.1) is 11.6 Å². The van der Waals surface area contributed by atoms with Crippen LogP contribution in [0.25, 0.3) is 22.5 Å². The molecule has 0 aliphatic heterocycles. The molecule has 1 heterocycles. The number of aryl methyl sites for hydroxylation is 1. The first-order valence-electron chi connectivity index (χ1n) is 7.77. The molecule has 0 fully saturated rings. The molecule has 0 aliphatic rings. The molecular weight excluding hydrogens is 378 g/mol. The number of nitrogens with zero attached hydrogens (tertiary/aromatic N) is 2. The third kappa shape index (κ3) is 3.68. The lowest BCUT2D eigenvalue weighted by Gasteiger charge is -2.13. The molecular formula is C19H19ClF2N2O3. The Hall–Kier alpha value is -2.80. The van der Waals surface area contributed by atoms with Crippen LogP contribution in [0.2, 0.25) is 0 Å². The number of halogens is 3. The van der Waals surface area contributed by atoms with Gasteiger partial charge in [-0.1, -0.05) is 0 Å². The Kier molecular flexibility index (Phi) is 6.28. The summed E-state index contributed by atoms with van der Waals surface area (Å²) in [7, 11) is 5.98. The maximum atomic E-state index is 14.4. The molecule has 8 heteroatoms. The fourth-order valence-corrected chi connectivity index (χ4v) is 2.85. The van der Waals surface area contributed by atoms with Crippen LogP contribution in [0.15, 0.2) is 36.7 Å². The van der Waals surface area contributed by atoms with E-state index in [1.54, 1.807) is 30.1 Å². The quantitative estimate of drug-likeness (QED) is 0.638. The standard InChI is InChI=1S/C19H18F2N2O3.ClH/c1-23-10-22-17(11-5-6-15(24-2)13(20)7-11)18(23)12-8-14(21)19(26-4)16(9-12)25-3;/h5-10H,1-4H3;1H. The minimum atomic E-state index is -0.560. The van der Waals surface area contributed by atoms with E-state index >= 15 is 0 Å². The van der Waals surface area contributed by atoms with Gasteiger partial charge in [-0.2, -0.15) is 0 Å². The molecule has 1 aromatic heterocycles. The third-order valence-corrected chi connectivity index (χ3v) is 4.07. The second-order valence-corrected chi connectivity index (χ2v) is 5.60. The zero-order chi connectivity index (χ0) is 18.8. The summed E-state index contributed by atoms with van der Waals surface area (Å²) in [5.41, 5.74) is 2.22. The maximum absolute atomic E-state index is 14.4. The SMILES string of the molecule is COc1ccc(-c2ncn(C)c2-c2cc(F)c(OC)c(OC)c2)cc1F.Cl. The van der Waals surface area contributed by atoms with Crippen molar-refractivity contribution in [2.75, 3.05) is 21.3 Å². The minimum absolute atomic E-state index is 0. The lowest BCUT2D eigenvalue weighted by Crippen LogP contribution is -1.98. The first kappa shape index (κ1) is 20.5. The molecule has 0 unspecified atom stereocenters. The lowest BCUT2D eigenvalue weighted by molar-refractivity contribution is 0.338. The fourth-order valence-electron chi connectivity index (χ4n) is 2.85. The fraction of sp³-hybridized carbons (Fsp3) is 0.211. The summed E-state index contributed by atoms with van der Waals surface area (Å²) >= 11 is 0. The van der Waals surface area contributed by atoms with Gasteiger partial charge in [0.2, 0.25) is 0 Å². The Morgan fingerprint density at radius 1 is 0.852 bits per heavy atom. The van der Waals surface area contributed by atoms with Crippen LogP contribution in [0.4, 0.5) is 8.78 Å². The molecule has 0 amide bonds. The zero-order valence-corrected chi connectivity index (χ0v) is 16.1. The second kappa shape index (κ2) is 8.26. The van der Waals surface area contributed by atoms with Gasteiger partial charge in [-0.3, -0.25) is 0 Å². The van der Waals surface area contributed by atoms with Crippen LogP contribution in [0.3, 0.4) is 0 Å². The first-order chi connectivity index (χ1) is 12.5. The second-order valence-electron chi connectivity index (χ2n) is 5.60. The van der Waals surface area contributed by atoms with E-state index in [9.17, 15) is 8.78 Å². The molecule has 5 nitrogen and oxygen atoms in total. The highest BCUT2D eigenvalue weighted by Crippen LogP contribution is 2.38. The number of rotatable bonds is 5. The van der Waals surface area contributed by atoms with Crippen molar-refractivity contribution < 1.29 is 23.0 Å². The summed E-state index contributed by atoms with van der Waals surface area (Å²) in [6.07, 6.45) is 1.58. The van der Waals surface area contributed by atoms with Gasteiger partial charge in [-0.15, -0.1) is 12.4 Å². The van der Waals surface area contributed by atoms with Crippen LogP contribution in [-0.4, -0.2) is 30.9 Å². The molecule has 27 heavy (non-hydrogen) atoms. The van der Waals surface area contributed by atoms with Crippen molar-refractivity contribution in [3.63, 3.8) is 0 Å². The van der Waals surface area contributed by atoms with Gasteiger partial charge in [0, 0.05) is 18.2 Å². The molecule has 3 rings (SSSR count). The number of imidazole rings is 1. The zero-order valence-electron chi connectivity index (χ0n) is 15.2. The van der Waals surface area contributed by atoms with E-state index in [0.717, 1.165) is 0 Å². The van der Waals surface area contributed by atoms with E-state index in [0.29, 0.717) is 22.5 Å². The van der Waals surface area contributed by atoms with Gasteiger partial charge in [-0.05, 0) is 30.3 Å². The lowest BCUT2D eigenvalue weighted by atomic mass is 10.0. The highest BCUT2D eigenvalue weighted by atomic mass is 35.5. The van der Waals surface area contributed by atoms with Crippen molar-refractivity contribution >= 4 is 12.4 Å². The Labute approximate surface area is 161 Å². The number of ether oxygens (including phenoxy) is 3. The Bertz CT molecular complexity index is 960. The minimum Gasteiger partial charge on any atom is -0.494 e. The van der Waals surface area contributed by atoms with Crippen molar-refractivity contribution in [3.8, 4) is 39.8 Å². The van der Waals surface area contributed by atoms with Gasteiger partial charge < -0.3 is 18.8 Å². The molecule has 144 valence electrons. The summed E-state index contributed by atoms with van der Waals surface area (Å²) in [6.45, 7) is 0. The van der Waals surface area contributed by atoms with Crippen LogP contribution in [0.5, 0.6) is 17.2 Å². The summed E-state index contributed by atoms with van der Waals surface area (Å²) < 4.78 is 45.5. The molecule has 0 N–H and O–H groups in total. The van der Waals surface area contributed by atoms with Crippen molar-refractivity contribution in [3.05, 3.63) is 48.3 Å². The van der Waals surface area contributed by atoms with E-state index < -0.39 is 11.6 Å². The largest absolute Gasteiger partial charge is 0.494 e. The van der Waals surface area contributed by atoms with Crippen LogP contribution in [-0.2, 0) is 7.05 Å². The van der Waals surface area contributed by atoms with E-state index in [-0.39, 0.29) is 29.7 Å². The number of hydrogen-bond acceptors (Lipinski definition) is 4. The molecule has 0 aliphatic carbocycles. The van der Waals surface area contributed by atoms with Gasteiger partial charge in [0.05, 0.1) is 39.0 Å². The normalized spacial score (nSPS) is 10.3. The van der Waals surface area contributed by atoms with Crippen LogP contribution >= 0.6 is 12.4 Å². The van der Waals surface area contributed by atoms with Crippen LogP contribution in [0.1, 0.15) is 0 Å². The van der Waals surface area contributed by atoms with Gasteiger partial charge in [0.15, 0.2) is 28.9 Å². The smallest absolute Gasteiger partial charge is 0.196 e. The van der Waals surface area contributed by atoms with Crippen molar-refractivity contribution in [2.45, 2.75) is 0 Å². The Morgan fingerprint density at radius 3 is 2.11 bits per heavy atom. The Balaban J connectivity index is 0.00000261. The molecule has 0 saturated carbocycles. The molecule has 0 bridgehead atoms. The van der Waals surface area contributed by atoms with Gasteiger partial charge in [-0.25, -0.2) is 13.8 Å². The molecule has 0 spiro atoms. The van der Waals surface area contributed by atoms with E-state index in [4.69, 9.17) is 14.2 Å². The van der Waals surface area contributed by atoms with Crippen molar-refractivity contribution in [1.29, 1.82) is 0 Å². The van der Waals surface area contributed by atoms with Gasteiger partial charge >= 0.3 is 0 Å². The van der Waals surface area contributed by atoms with Crippen LogP contribution < -0.4 is 14.2 Å². The molecule has 2 aromatic carbocycles. The first-order valence-corrected chi connectivity index (χ1v) is 7.77. The highest BCUT2D eigenvalue weighted by molar-refractivity contribution is 5.85. The third-order valence-electron chi connectivity index (χ3n) is 4.07. The Morgan fingerprint density at radius 2 is 1.52 bits per heavy atom. The molecule has 0 saturated heterocycles. The van der Waals surface area contributed by atoms with Gasteiger partial charge in [0.25, 0.3) is 0 Å². The number of hydrogen-bond donors (Lipinski definition) is 0. The summed E-state index contributed by atoms with van der Waals surface area (Å²) in [4.78, 5) is 4.35. The maximum Gasteiger partial charge on any atom is 0.196 e. The molecule has 3 aromatic rings. The predicted molar refractivity (Wildman–Crippen MR) is 101 cm³/mol. The van der Waals surface area contributed by atoms with E-state index in [1.165, 1.54) is 39.5 Å². The number of aromatic nitrogens is 2. The topological polar surface area (TPSA) is 45.5 Å². The number of methoxy groups -OCH3 is 3. The molecule has 0 atom stereocenters. The van der Waals surface area contributed by atoms with Crippen molar-refractivity contribution in [1.82, 2.24) is 9.55 Å². The summed E-state index contributed by atoms with van der Waals surface area (Å²) in [5.74, 6) is -0.635. The predicted octanol–water partition coefficient (Wildman–Crippen LogP) is 4.48. The van der Waals surface area contributed by atoms with E-state index in [2.05, 4.69) is 4.98 Å². The van der Waals surface area contributed by atoms with Crippen molar-refractivity contribution in [2.24, 2.45) is 7.05 Å². The summed E-state index contributed by atoms with van der Waals surface area (Å²) in [6, 6.07) is 7.55. The summed E-state index contributed by atoms with van der Waals surface area (Å²) in [5, 5.41) is 0.